The molecule has 2 N–H and O–H groups in total. The largest absolute Gasteiger partial charge is 0.380 e. The summed E-state index contributed by atoms with van der Waals surface area (Å²) in [7, 11) is 0. The first-order valence-electron chi connectivity index (χ1n) is 5.72. The molecule has 0 amide bonds. The van der Waals surface area contributed by atoms with Crippen LogP contribution in [0, 0.1) is 11.8 Å². The topological polar surface area (TPSA) is 38.5 Å². The lowest BCUT2D eigenvalue weighted by atomic mass is 10.0. The van der Waals surface area contributed by atoms with Gasteiger partial charge in [-0.15, -0.1) is 0 Å². The van der Waals surface area contributed by atoms with Gasteiger partial charge < -0.3 is 15.4 Å². The van der Waals surface area contributed by atoms with Crippen molar-refractivity contribution in [2.24, 2.45) is 17.6 Å². The normalized spacial score (nSPS) is 18.9. The molecule has 3 heteroatoms. The average Bonchev–Trinajstić information content (AvgIpc) is 2.07. The van der Waals surface area contributed by atoms with Crippen molar-refractivity contribution in [2.45, 2.75) is 20.3 Å². The molecular formula is C11H24N2O. The third-order valence-corrected chi connectivity index (χ3v) is 2.76. The summed E-state index contributed by atoms with van der Waals surface area (Å²) in [5.41, 5.74) is 5.55. The second-order valence-corrected chi connectivity index (χ2v) is 4.66. The first kappa shape index (κ1) is 12.0. The number of hydrogen-bond donors (Lipinski definition) is 1. The standard InChI is InChI=1S/C11H24N2O/c1-10(2)3-5-14-6-4-13-8-11(7-12)9-13/h10-11H,3-9,12H2,1-2H3. The molecule has 84 valence electrons. The molecule has 0 aromatic heterocycles. The molecule has 0 bridgehead atoms. The molecular weight excluding hydrogens is 176 g/mol. The molecule has 0 unspecified atom stereocenters. The molecule has 0 atom stereocenters. The van der Waals surface area contributed by atoms with Crippen molar-refractivity contribution in [1.82, 2.24) is 4.90 Å². The van der Waals surface area contributed by atoms with E-state index in [9.17, 15) is 0 Å². The van der Waals surface area contributed by atoms with E-state index >= 15 is 0 Å². The van der Waals surface area contributed by atoms with Crippen molar-refractivity contribution in [3.8, 4) is 0 Å². The van der Waals surface area contributed by atoms with Gasteiger partial charge in [0, 0.05) is 26.2 Å². The highest BCUT2D eigenvalue weighted by Gasteiger charge is 2.24. The number of hydrogen-bond acceptors (Lipinski definition) is 3. The van der Waals surface area contributed by atoms with Crippen molar-refractivity contribution in [2.75, 3.05) is 39.4 Å². The van der Waals surface area contributed by atoms with E-state index in [1.807, 2.05) is 0 Å². The van der Waals surface area contributed by atoms with Gasteiger partial charge in [0.05, 0.1) is 6.61 Å². The van der Waals surface area contributed by atoms with E-state index in [1.54, 1.807) is 0 Å². The SMILES string of the molecule is CC(C)CCOCCN1CC(CN)C1. The fourth-order valence-corrected chi connectivity index (χ4v) is 1.62. The minimum atomic E-state index is 0.741. The van der Waals surface area contributed by atoms with Crippen molar-refractivity contribution in [1.29, 1.82) is 0 Å². The Hall–Kier alpha value is -0.120. The molecule has 0 aromatic rings. The van der Waals surface area contributed by atoms with Crippen molar-refractivity contribution >= 4 is 0 Å². The van der Waals surface area contributed by atoms with Crippen LogP contribution in [0.25, 0.3) is 0 Å². The van der Waals surface area contributed by atoms with Gasteiger partial charge in [0.1, 0.15) is 0 Å². The molecule has 0 aromatic carbocycles. The van der Waals surface area contributed by atoms with Crippen LogP contribution in [0.3, 0.4) is 0 Å². The van der Waals surface area contributed by atoms with Crippen LogP contribution in [0.4, 0.5) is 0 Å². The quantitative estimate of drug-likeness (QED) is 0.622. The maximum atomic E-state index is 5.55. The molecule has 14 heavy (non-hydrogen) atoms. The number of rotatable bonds is 7. The highest BCUT2D eigenvalue weighted by atomic mass is 16.5. The smallest absolute Gasteiger partial charge is 0.0593 e. The van der Waals surface area contributed by atoms with E-state index in [4.69, 9.17) is 10.5 Å². The second-order valence-electron chi connectivity index (χ2n) is 4.66. The van der Waals surface area contributed by atoms with Crippen LogP contribution in [-0.2, 0) is 4.74 Å². The van der Waals surface area contributed by atoms with Gasteiger partial charge in [-0.3, -0.25) is 0 Å². The average molecular weight is 200 g/mol. The lowest BCUT2D eigenvalue weighted by Crippen LogP contribution is -2.50. The lowest BCUT2D eigenvalue weighted by molar-refractivity contribution is 0.0481. The molecule has 1 fully saturated rings. The minimum Gasteiger partial charge on any atom is -0.380 e. The third kappa shape index (κ3) is 4.40. The van der Waals surface area contributed by atoms with Gasteiger partial charge in [0.25, 0.3) is 0 Å². The predicted octanol–water partition coefficient (Wildman–Crippen LogP) is 0.940. The summed E-state index contributed by atoms with van der Waals surface area (Å²) in [6.07, 6.45) is 1.17. The van der Waals surface area contributed by atoms with Gasteiger partial charge in [0.2, 0.25) is 0 Å². The molecule has 0 aliphatic carbocycles. The zero-order valence-corrected chi connectivity index (χ0v) is 9.54. The molecule has 3 nitrogen and oxygen atoms in total. The van der Waals surface area contributed by atoms with Crippen LogP contribution in [0.2, 0.25) is 0 Å². The Bertz CT molecular complexity index is 144. The molecule has 1 aliphatic heterocycles. The van der Waals surface area contributed by atoms with Gasteiger partial charge in [-0.05, 0) is 24.8 Å². The van der Waals surface area contributed by atoms with Gasteiger partial charge >= 0.3 is 0 Å². The molecule has 1 aliphatic rings. The van der Waals surface area contributed by atoms with Gasteiger partial charge in [-0.2, -0.15) is 0 Å². The Labute approximate surface area is 87.6 Å². The van der Waals surface area contributed by atoms with E-state index in [0.717, 1.165) is 38.1 Å². The summed E-state index contributed by atoms with van der Waals surface area (Å²) in [4.78, 5) is 2.41. The maximum Gasteiger partial charge on any atom is 0.0593 e. The zero-order valence-electron chi connectivity index (χ0n) is 9.54. The van der Waals surface area contributed by atoms with Crippen molar-refractivity contribution in [3.63, 3.8) is 0 Å². The van der Waals surface area contributed by atoms with Crippen LogP contribution in [0.5, 0.6) is 0 Å². The fraction of sp³-hybridized carbons (Fsp3) is 1.00. The Balaban J connectivity index is 1.81. The molecule has 0 radical (unpaired) electrons. The first-order chi connectivity index (χ1) is 6.72. The van der Waals surface area contributed by atoms with Crippen molar-refractivity contribution in [3.05, 3.63) is 0 Å². The van der Waals surface area contributed by atoms with E-state index in [2.05, 4.69) is 18.7 Å². The summed E-state index contributed by atoms with van der Waals surface area (Å²) in [5, 5.41) is 0. The Morgan fingerprint density at radius 1 is 1.36 bits per heavy atom. The Kier molecular flexibility index (Phi) is 5.45. The molecule has 1 rings (SSSR count). The number of nitrogens with two attached hydrogens (primary N) is 1. The van der Waals surface area contributed by atoms with Crippen LogP contribution in [0.15, 0.2) is 0 Å². The minimum absolute atomic E-state index is 0.741. The first-order valence-corrected chi connectivity index (χ1v) is 5.72. The second kappa shape index (κ2) is 6.38. The van der Waals surface area contributed by atoms with Gasteiger partial charge in [-0.25, -0.2) is 0 Å². The van der Waals surface area contributed by atoms with Crippen LogP contribution >= 0.6 is 0 Å². The highest BCUT2D eigenvalue weighted by Crippen LogP contribution is 2.12. The van der Waals surface area contributed by atoms with Crippen LogP contribution < -0.4 is 5.73 Å². The summed E-state index contributed by atoms with van der Waals surface area (Å²) < 4.78 is 5.55. The molecule has 1 saturated heterocycles. The number of ether oxygens (including phenoxy) is 1. The Morgan fingerprint density at radius 2 is 2.07 bits per heavy atom. The van der Waals surface area contributed by atoms with E-state index in [0.29, 0.717) is 0 Å². The number of likely N-dealkylation sites (tertiary alicyclic amines) is 1. The highest BCUT2D eigenvalue weighted by molar-refractivity contribution is 4.79. The molecule has 1 heterocycles. The Morgan fingerprint density at radius 3 is 2.64 bits per heavy atom. The lowest BCUT2D eigenvalue weighted by Gasteiger charge is -2.38. The van der Waals surface area contributed by atoms with Gasteiger partial charge in [-0.1, -0.05) is 13.8 Å². The predicted molar refractivity (Wildman–Crippen MR) is 59.3 cm³/mol. The van der Waals surface area contributed by atoms with Crippen LogP contribution in [-0.4, -0.2) is 44.3 Å². The molecule has 0 spiro atoms. The zero-order chi connectivity index (χ0) is 10.4. The van der Waals surface area contributed by atoms with E-state index in [1.165, 1.54) is 19.5 Å². The summed E-state index contributed by atoms with van der Waals surface area (Å²) >= 11 is 0. The van der Waals surface area contributed by atoms with E-state index < -0.39 is 0 Å². The molecule has 0 saturated carbocycles. The summed E-state index contributed by atoms with van der Waals surface area (Å²) in [6.45, 7) is 10.5. The summed E-state index contributed by atoms with van der Waals surface area (Å²) in [5.74, 6) is 1.49. The van der Waals surface area contributed by atoms with E-state index in [-0.39, 0.29) is 0 Å². The van der Waals surface area contributed by atoms with Crippen LogP contribution in [0.1, 0.15) is 20.3 Å². The van der Waals surface area contributed by atoms with Crippen molar-refractivity contribution < 1.29 is 4.74 Å². The van der Waals surface area contributed by atoms with Gasteiger partial charge in [0.15, 0.2) is 0 Å². The maximum absolute atomic E-state index is 5.55. The monoisotopic (exact) mass is 200 g/mol. The summed E-state index contributed by atoms with van der Waals surface area (Å²) in [6, 6.07) is 0. The number of nitrogens with zero attached hydrogens (tertiary/aromatic N) is 1. The fourth-order valence-electron chi connectivity index (χ4n) is 1.62. The third-order valence-electron chi connectivity index (χ3n) is 2.76.